The van der Waals surface area contributed by atoms with Crippen molar-refractivity contribution in [3.05, 3.63) is 59.3 Å². The van der Waals surface area contributed by atoms with Crippen molar-refractivity contribution in [3.8, 4) is 0 Å². The lowest BCUT2D eigenvalue weighted by atomic mass is 9.92. The fraction of sp³-hybridized carbons (Fsp3) is 0.353. The maximum absolute atomic E-state index is 6.01. The van der Waals surface area contributed by atoms with Crippen LogP contribution >= 0.6 is 15.9 Å². The Hall–Kier alpha value is -1.19. The molecular weight excluding hydrogens is 314 g/mol. The van der Waals surface area contributed by atoms with E-state index in [0.29, 0.717) is 6.61 Å². The van der Waals surface area contributed by atoms with Crippen LogP contribution in [0.5, 0.6) is 0 Å². The molecule has 0 spiro atoms. The van der Waals surface area contributed by atoms with Crippen molar-refractivity contribution in [2.45, 2.75) is 37.3 Å². The number of alkyl halides is 1. The van der Waals surface area contributed by atoms with Crippen molar-refractivity contribution in [1.29, 1.82) is 0 Å². The van der Waals surface area contributed by atoms with Crippen LogP contribution in [0.4, 0.5) is 0 Å². The second kappa shape index (κ2) is 5.30. The number of hydrogen-bond acceptors (Lipinski definition) is 2. The second-order valence-electron chi connectivity index (χ2n) is 5.44. The number of halogens is 1. The predicted octanol–water partition coefficient (Wildman–Crippen LogP) is 4.41. The zero-order chi connectivity index (χ0) is 14.2. The molecule has 3 rings (SSSR count). The highest BCUT2D eigenvalue weighted by atomic mass is 79.9. The fourth-order valence-electron chi connectivity index (χ4n) is 2.55. The molecular formula is C17H18BrNO. The first-order chi connectivity index (χ1) is 9.57. The Bertz CT molecular complexity index is 599. The first kappa shape index (κ1) is 13.8. The quantitative estimate of drug-likeness (QED) is 0.751. The Balaban J connectivity index is 1.71. The zero-order valence-electron chi connectivity index (χ0n) is 11.8. The van der Waals surface area contributed by atoms with E-state index >= 15 is 0 Å². The van der Waals surface area contributed by atoms with Gasteiger partial charge in [-0.1, -0.05) is 52.3 Å². The predicted molar refractivity (Wildman–Crippen MR) is 86.2 cm³/mol. The molecule has 0 aromatic heterocycles. The van der Waals surface area contributed by atoms with Crippen LogP contribution in [0.2, 0.25) is 0 Å². The molecule has 0 N–H and O–H groups in total. The Kier molecular flexibility index (Phi) is 3.65. The highest BCUT2D eigenvalue weighted by Gasteiger charge is 2.38. The lowest BCUT2D eigenvalue weighted by Gasteiger charge is -2.24. The lowest BCUT2D eigenvalue weighted by Crippen LogP contribution is -2.26. The Morgan fingerprint density at radius 1 is 1.35 bits per heavy atom. The van der Waals surface area contributed by atoms with Crippen molar-refractivity contribution in [2.75, 3.05) is 0 Å². The molecule has 0 saturated carbocycles. The summed E-state index contributed by atoms with van der Waals surface area (Å²) in [4.78, 5) is 4.62. The van der Waals surface area contributed by atoms with Gasteiger partial charge in [-0.25, -0.2) is 0 Å². The van der Waals surface area contributed by atoms with E-state index in [1.165, 1.54) is 11.1 Å². The van der Waals surface area contributed by atoms with Gasteiger partial charge in [-0.3, -0.25) is 4.99 Å². The zero-order valence-corrected chi connectivity index (χ0v) is 13.4. The summed E-state index contributed by atoms with van der Waals surface area (Å²) in [6.45, 7) is 4.87. The Morgan fingerprint density at radius 3 is 2.85 bits per heavy atom. The summed E-state index contributed by atoms with van der Waals surface area (Å²) in [6, 6.07) is 10.3. The monoisotopic (exact) mass is 331 g/mol. The molecule has 1 heterocycles. The molecule has 1 aliphatic carbocycles. The van der Waals surface area contributed by atoms with Gasteiger partial charge in [-0.05, 0) is 37.5 Å². The first-order valence-corrected chi connectivity index (χ1v) is 7.69. The van der Waals surface area contributed by atoms with Gasteiger partial charge in [0, 0.05) is 5.71 Å². The number of rotatable bonds is 3. The van der Waals surface area contributed by atoms with Gasteiger partial charge in [0.25, 0.3) is 0 Å². The minimum Gasteiger partial charge on any atom is -0.369 e. The van der Waals surface area contributed by atoms with Gasteiger partial charge in [0.2, 0.25) is 0 Å². The van der Waals surface area contributed by atoms with E-state index in [4.69, 9.17) is 4.74 Å². The average molecular weight is 332 g/mol. The minimum atomic E-state index is -0.145. The fourth-order valence-corrected chi connectivity index (χ4v) is 2.98. The first-order valence-electron chi connectivity index (χ1n) is 6.90. The van der Waals surface area contributed by atoms with E-state index in [1.807, 2.05) is 18.2 Å². The summed E-state index contributed by atoms with van der Waals surface area (Å²) in [5.74, 6) is 0. The summed E-state index contributed by atoms with van der Waals surface area (Å²) < 4.78 is 5.87. The maximum atomic E-state index is 6.01. The van der Waals surface area contributed by atoms with Crippen LogP contribution in [0.25, 0.3) is 0 Å². The molecule has 20 heavy (non-hydrogen) atoms. The summed E-state index contributed by atoms with van der Waals surface area (Å²) in [5, 5.41) is 0. The third kappa shape index (κ3) is 2.52. The normalized spacial score (nSPS) is 28.6. The van der Waals surface area contributed by atoms with Gasteiger partial charge >= 0.3 is 0 Å². The van der Waals surface area contributed by atoms with Crippen LogP contribution in [0.1, 0.15) is 25.8 Å². The van der Waals surface area contributed by atoms with Crippen LogP contribution in [0, 0.1) is 0 Å². The number of hydrogen-bond donors (Lipinski definition) is 0. The molecule has 104 valence electrons. The molecule has 0 saturated heterocycles. The highest BCUT2D eigenvalue weighted by Crippen LogP contribution is 2.42. The third-order valence-electron chi connectivity index (χ3n) is 3.95. The molecule has 0 radical (unpaired) electrons. The van der Waals surface area contributed by atoms with Crippen molar-refractivity contribution in [2.24, 2.45) is 4.99 Å². The van der Waals surface area contributed by atoms with E-state index in [2.05, 4.69) is 59.1 Å². The standard InChI is InChI=1S/C17H18BrNO/c1-12-17(2,18)15-10-14(8-9-16(15)19-12)20-11-13-6-4-3-5-7-13/h3-7,9-10,14H,8,11H2,1-2H3. The SMILES string of the molecule is CC1=NC2=CCC(OCc3ccccc3)C=C2C1(C)Br. The number of aliphatic imine (C=N–C) groups is 1. The number of benzene rings is 1. The van der Waals surface area contributed by atoms with Crippen molar-refractivity contribution in [3.63, 3.8) is 0 Å². The number of fused-ring (bicyclic) bond motifs is 1. The largest absolute Gasteiger partial charge is 0.369 e. The van der Waals surface area contributed by atoms with E-state index in [0.717, 1.165) is 17.8 Å². The number of nitrogens with zero attached hydrogens (tertiary/aromatic N) is 1. The molecule has 2 nitrogen and oxygen atoms in total. The topological polar surface area (TPSA) is 21.6 Å². The lowest BCUT2D eigenvalue weighted by molar-refractivity contribution is 0.0724. The molecule has 1 aromatic carbocycles. The minimum absolute atomic E-state index is 0.131. The van der Waals surface area contributed by atoms with Gasteiger partial charge < -0.3 is 4.74 Å². The van der Waals surface area contributed by atoms with E-state index in [-0.39, 0.29) is 10.4 Å². The highest BCUT2D eigenvalue weighted by molar-refractivity contribution is 9.10. The van der Waals surface area contributed by atoms with Gasteiger partial charge in [0.15, 0.2) is 0 Å². The van der Waals surface area contributed by atoms with E-state index < -0.39 is 0 Å². The van der Waals surface area contributed by atoms with E-state index in [9.17, 15) is 0 Å². The van der Waals surface area contributed by atoms with Crippen molar-refractivity contribution < 1.29 is 4.74 Å². The Labute approximate surface area is 128 Å². The van der Waals surface area contributed by atoms with Gasteiger partial charge in [-0.2, -0.15) is 0 Å². The summed E-state index contributed by atoms with van der Waals surface area (Å²) >= 11 is 3.78. The summed E-state index contributed by atoms with van der Waals surface area (Å²) in [6.07, 6.45) is 5.42. The Morgan fingerprint density at radius 2 is 2.10 bits per heavy atom. The second-order valence-corrected chi connectivity index (χ2v) is 7.03. The van der Waals surface area contributed by atoms with E-state index in [1.54, 1.807) is 0 Å². The molecule has 2 unspecified atom stereocenters. The van der Waals surface area contributed by atoms with Crippen molar-refractivity contribution >= 4 is 21.6 Å². The number of allylic oxidation sites excluding steroid dienone is 1. The van der Waals surface area contributed by atoms with Crippen LogP contribution in [0.3, 0.4) is 0 Å². The third-order valence-corrected chi connectivity index (χ3v) is 4.95. The summed E-state index contributed by atoms with van der Waals surface area (Å²) in [7, 11) is 0. The van der Waals surface area contributed by atoms with Gasteiger partial charge in [0.05, 0.1) is 22.7 Å². The van der Waals surface area contributed by atoms with Crippen LogP contribution < -0.4 is 0 Å². The molecule has 1 aliphatic heterocycles. The molecule has 2 atom stereocenters. The average Bonchev–Trinajstić information content (AvgIpc) is 2.68. The smallest absolute Gasteiger partial charge is 0.0874 e. The van der Waals surface area contributed by atoms with Crippen molar-refractivity contribution in [1.82, 2.24) is 0 Å². The molecule has 2 aliphatic rings. The molecule has 1 aromatic rings. The van der Waals surface area contributed by atoms with Gasteiger partial charge in [0.1, 0.15) is 0 Å². The van der Waals surface area contributed by atoms with Gasteiger partial charge in [-0.15, -0.1) is 0 Å². The maximum Gasteiger partial charge on any atom is 0.0874 e. The molecule has 0 amide bonds. The van der Waals surface area contributed by atoms with Crippen LogP contribution in [-0.4, -0.2) is 16.1 Å². The molecule has 3 heteroatoms. The number of ether oxygens (including phenoxy) is 1. The molecule has 0 bridgehead atoms. The molecule has 0 fully saturated rings. The van der Waals surface area contributed by atoms with Crippen LogP contribution in [-0.2, 0) is 11.3 Å². The van der Waals surface area contributed by atoms with Crippen LogP contribution in [0.15, 0.2) is 58.7 Å². The summed E-state index contributed by atoms with van der Waals surface area (Å²) in [5.41, 5.74) is 4.65.